The largest absolute Gasteiger partial charge is 0.466 e. The van der Waals surface area contributed by atoms with Gasteiger partial charge in [0, 0.05) is 0 Å². The third-order valence-electron chi connectivity index (χ3n) is 3.89. The quantitative estimate of drug-likeness (QED) is 0.613. The van der Waals surface area contributed by atoms with Gasteiger partial charge in [-0.3, -0.25) is 4.79 Å². The molecule has 13 heavy (non-hydrogen) atoms. The molecule has 2 heteroatoms. The number of esters is 1. The first-order valence-electron chi connectivity index (χ1n) is 5.28. The van der Waals surface area contributed by atoms with E-state index < -0.39 is 0 Å². The second kappa shape index (κ2) is 2.73. The van der Waals surface area contributed by atoms with Crippen LogP contribution in [0.15, 0.2) is 0 Å². The minimum atomic E-state index is -0.0786. The first-order chi connectivity index (χ1) is 6.10. The minimum Gasteiger partial charge on any atom is -0.466 e. The Morgan fingerprint density at radius 1 is 1.31 bits per heavy atom. The predicted octanol–water partition coefficient (Wildman–Crippen LogP) is 2.52. The molecule has 0 unspecified atom stereocenters. The fourth-order valence-corrected chi connectivity index (χ4v) is 3.06. The van der Waals surface area contributed by atoms with Crippen LogP contribution in [0.5, 0.6) is 0 Å². The van der Waals surface area contributed by atoms with E-state index in [-0.39, 0.29) is 11.4 Å². The number of carbonyl (C=O) groups is 1. The molecule has 0 aromatic heterocycles. The Morgan fingerprint density at radius 3 is 2.31 bits per heavy atom. The van der Waals surface area contributed by atoms with Gasteiger partial charge < -0.3 is 4.74 Å². The van der Waals surface area contributed by atoms with Gasteiger partial charge in [-0.15, -0.1) is 0 Å². The molecular weight excluding hydrogens is 164 g/mol. The Morgan fingerprint density at radius 2 is 1.92 bits per heavy atom. The smallest absolute Gasteiger partial charge is 0.312 e. The second-order valence-electron chi connectivity index (χ2n) is 4.99. The van der Waals surface area contributed by atoms with Crippen molar-refractivity contribution < 1.29 is 9.53 Å². The van der Waals surface area contributed by atoms with Gasteiger partial charge >= 0.3 is 5.97 Å². The highest BCUT2D eigenvalue weighted by atomic mass is 16.5. The topological polar surface area (TPSA) is 26.3 Å². The molecule has 74 valence electrons. The molecule has 2 bridgehead atoms. The fraction of sp³-hybridized carbons (Fsp3) is 0.909. The van der Waals surface area contributed by atoms with Crippen LogP contribution in [0, 0.1) is 10.8 Å². The fourth-order valence-electron chi connectivity index (χ4n) is 3.06. The maximum atomic E-state index is 11.7. The van der Waals surface area contributed by atoms with E-state index in [9.17, 15) is 4.79 Å². The van der Waals surface area contributed by atoms with E-state index in [0.717, 1.165) is 19.3 Å². The first-order valence-corrected chi connectivity index (χ1v) is 5.28. The monoisotopic (exact) mass is 182 g/mol. The molecule has 2 saturated carbocycles. The molecular formula is C11H18O2. The van der Waals surface area contributed by atoms with Gasteiger partial charge in [-0.2, -0.15) is 0 Å². The summed E-state index contributed by atoms with van der Waals surface area (Å²) in [4.78, 5) is 11.7. The van der Waals surface area contributed by atoms with E-state index in [1.54, 1.807) is 0 Å². The van der Waals surface area contributed by atoms with Gasteiger partial charge in [-0.25, -0.2) is 0 Å². The highest BCUT2D eigenvalue weighted by Gasteiger charge is 2.56. The Hall–Kier alpha value is -0.530. The van der Waals surface area contributed by atoms with Gasteiger partial charge in [0.05, 0.1) is 12.0 Å². The lowest BCUT2D eigenvalue weighted by atomic mass is 9.83. The van der Waals surface area contributed by atoms with E-state index in [4.69, 9.17) is 4.74 Å². The van der Waals surface area contributed by atoms with Crippen molar-refractivity contribution in [2.24, 2.45) is 10.8 Å². The van der Waals surface area contributed by atoms with Gasteiger partial charge in [0.15, 0.2) is 0 Å². The van der Waals surface area contributed by atoms with E-state index in [1.165, 1.54) is 12.8 Å². The summed E-state index contributed by atoms with van der Waals surface area (Å²) < 4.78 is 5.15. The molecule has 2 fully saturated rings. The van der Waals surface area contributed by atoms with Crippen LogP contribution < -0.4 is 0 Å². The third-order valence-corrected chi connectivity index (χ3v) is 3.89. The van der Waals surface area contributed by atoms with Gasteiger partial charge in [-0.05, 0) is 44.4 Å². The summed E-state index contributed by atoms with van der Waals surface area (Å²) >= 11 is 0. The lowest BCUT2D eigenvalue weighted by Gasteiger charge is -2.24. The van der Waals surface area contributed by atoms with Crippen LogP contribution in [0.25, 0.3) is 0 Å². The van der Waals surface area contributed by atoms with Gasteiger partial charge in [-0.1, -0.05) is 6.92 Å². The maximum absolute atomic E-state index is 11.7. The average molecular weight is 182 g/mol. The molecule has 0 aliphatic heterocycles. The zero-order valence-electron chi connectivity index (χ0n) is 8.56. The summed E-state index contributed by atoms with van der Waals surface area (Å²) in [5, 5.41) is 0. The molecule has 2 rings (SSSR count). The molecule has 0 radical (unpaired) electrons. The zero-order chi connectivity index (χ0) is 9.53. The molecule has 0 atom stereocenters. The number of fused-ring (bicyclic) bond motifs is 2. The van der Waals surface area contributed by atoms with Crippen LogP contribution in [0.2, 0.25) is 0 Å². The summed E-state index contributed by atoms with van der Waals surface area (Å²) in [6.07, 6.45) is 5.61. The minimum absolute atomic E-state index is 0.0659. The van der Waals surface area contributed by atoms with Crippen molar-refractivity contribution in [3.8, 4) is 0 Å². The van der Waals surface area contributed by atoms with Crippen molar-refractivity contribution in [1.29, 1.82) is 0 Å². The standard InChI is InChI=1S/C11H18O2/c1-3-13-9(12)11-6-4-10(2,8-11)5-7-11/h3-8H2,1-2H3. The molecule has 0 amide bonds. The summed E-state index contributed by atoms with van der Waals surface area (Å²) in [7, 11) is 0. The van der Waals surface area contributed by atoms with E-state index in [1.807, 2.05) is 6.92 Å². The Balaban J connectivity index is 2.11. The summed E-state index contributed by atoms with van der Waals surface area (Å²) in [5.41, 5.74) is 0.373. The Labute approximate surface area is 79.7 Å². The average Bonchev–Trinajstić information content (AvgIpc) is 2.59. The lowest BCUT2D eigenvalue weighted by Crippen LogP contribution is -2.28. The molecule has 2 aliphatic carbocycles. The molecule has 2 nitrogen and oxygen atoms in total. The van der Waals surface area contributed by atoms with E-state index in [2.05, 4.69) is 6.92 Å². The zero-order valence-corrected chi connectivity index (χ0v) is 8.56. The van der Waals surface area contributed by atoms with Crippen LogP contribution in [0.1, 0.15) is 46.0 Å². The molecule has 0 aromatic carbocycles. The molecule has 2 aliphatic rings. The van der Waals surface area contributed by atoms with Gasteiger partial charge in [0.2, 0.25) is 0 Å². The van der Waals surface area contributed by atoms with Crippen molar-refractivity contribution in [2.45, 2.75) is 46.0 Å². The van der Waals surface area contributed by atoms with Crippen molar-refractivity contribution in [3.63, 3.8) is 0 Å². The van der Waals surface area contributed by atoms with Crippen molar-refractivity contribution >= 4 is 5.97 Å². The summed E-state index contributed by atoms with van der Waals surface area (Å²) in [6, 6.07) is 0. The molecule has 0 saturated heterocycles. The highest BCUT2D eigenvalue weighted by Crippen LogP contribution is 2.61. The summed E-state index contributed by atoms with van der Waals surface area (Å²) in [5.74, 6) is 0.0659. The van der Waals surface area contributed by atoms with Gasteiger partial charge in [0.1, 0.15) is 0 Å². The summed E-state index contributed by atoms with van der Waals surface area (Å²) in [6.45, 7) is 4.72. The number of ether oxygens (including phenoxy) is 1. The predicted molar refractivity (Wildman–Crippen MR) is 50.3 cm³/mol. The van der Waals surface area contributed by atoms with E-state index >= 15 is 0 Å². The lowest BCUT2D eigenvalue weighted by molar-refractivity contribution is -0.154. The van der Waals surface area contributed by atoms with Crippen LogP contribution in [-0.2, 0) is 9.53 Å². The maximum Gasteiger partial charge on any atom is 0.312 e. The van der Waals surface area contributed by atoms with Crippen molar-refractivity contribution in [1.82, 2.24) is 0 Å². The number of hydrogen-bond acceptors (Lipinski definition) is 2. The normalized spacial score (nSPS) is 42.3. The number of carbonyl (C=O) groups excluding carboxylic acids is 1. The van der Waals surface area contributed by atoms with Crippen LogP contribution in [0.3, 0.4) is 0 Å². The number of hydrogen-bond donors (Lipinski definition) is 0. The Bertz CT molecular complexity index is 224. The molecule has 0 N–H and O–H groups in total. The van der Waals surface area contributed by atoms with Crippen LogP contribution in [-0.4, -0.2) is 12.6 Å². The third kappa shape index (κ3) is 1.27. The van der Waals surface area contributed by atoms with E-state index in [0.29, 0.717) is 12.0 Å². The molecule has 0 heterocycles. The van der Waals surface area contributed by atoms with Gasteiger partial charge in [0.25, 0.3) is 0 Å². The van der Waals surface area contributed by atoms with Crippen LogP contribution >= 0.6 is 0 Å². The SMILES string of the molecule is CCOC(=O)C12CCC(C)(CC1)C2. The Kier molecular flexibility index (Phi) is 1.90. The molecule has 0 spiro atoms. The first kappa shape index (κ1) is 9.04. The van der Waals surface area contributed by atoms with Crippen LogP contribution in [0.4, 0.5) is 0 Å². The molecule has 0 aromatic rings. The second-order valence-corrected chi connectivity index (χ2v) is 4.99. The highest BCUT2D eigenvalue weighted by molar-refractivity contribution is 5.78. The number of rotatable bonds is 2. The van der Waals surface area contributed by atoms with Crippen molar-refractivity contribution in [3.05, 3.63) is 0 Å². The van der Waals surface area contributed by atoms with Crippen molar-refractivity contribution in [2.75, 3.05) is 6.61 Å².